The number of rotatable bonds is 4. The zero-order valence-electron chi connectivity index (χ0n) is 11.3. The van der Waals surface area contributed by atoms with E-state index in [1.807, 2.05) is 0 Å². The van der Waals surface area contributed by atoms with E-state index in [-0.39, 0.29) is 0 Å². The van der Waals surface area contributed by atoms with Crippen molar-refractivity contribution in [3.63, 3.8) is 0 Å². The molecule has 0 spiro atoms. The van der Waals surface area contributed by atoms with Gasteiger partial charge in [-0.15, -0.1) is 0 Å². The fraction of sp³-hybridized carbons (Fsp3) is 0.769. The van der Waals surface area contributed by atoms with Crippen molar-refractivity contribution in [1.82, 2.24) is 9.78 Å². The molecule has 0 saturated heterocycles. The summed E-state index contributed by atoms with van der Waals surface area (Å²) in [6.45, 7) is 12.0. The summed E-state index contributed by atoms with van der Waals surface area (Å²) in [5, 5.41) is 5.58. The van der Waals surface area contributed by atoms with Gasteiger partial charge in [-0.3, -0.25) is 4.68 Å². The van der Waals surface area contributed by atoms with Crippen LogP contribution in [0.25, 0.3) is 0 Å². The van der Waals surface area contributed by atoms with Crippen LogP contribution in [0.15, 0.2) is 4.47 Å². The smallest absolute Gasteiger partial charge is 0.0738 e. The highest BCUT2D eigenvalue weighted by molar-refractivity contribution is 9.10. The third kappa shape index (κ3) is 3.57. The quantitative estimate of drug-likeness (QED) is 0.714. The minimum atomic E-state index is 0.305. The Kier molecular flexibility index (Phi) is 5.26. The van der Waals surface area contributed by atoms with E-state index < -0.39 is 0 Å². The highest BCUT2D eigenvalue weighted by Gasteiger charge is 2.26. The molecule has 0 fully saturated rings. The van der Waals surface area contributed by atoms with E-state index in [1.54, 1.807) is 0 Å². The van der Waals surface area contributed by atoms with Gasteiger partial charge < -0.3 is 0 Å². The summed E-state index contributed by atoms with van der Waals surface area (Å²) >= 11 is 7.31. The minimum absolute atomic E-state index is 0.305. The molecule has 1 heterocycles. The molecule has 4 heteroatoms. The SMILES string of the molecule is CCn1nc(C)c(Br)c1CC(CBr)C(C)(C)C. The molecule has 0 saturated carbocycles. The molecule has 1 rings (SSSR count). The van der Waals surface area contributed by atoms with E-state index in [9.17, 15) is 0 Å². The Hall–Kier alpha value is 0.170. The van der Waals surface area contributed by atoms with Gasteiger partial charge in [0.2, 0.25) is 0 Å². The topological polar surface area (TPSA) is 17.8 Å². The van der Waals surface area contributed by atoms with Gasteiger partial charge in [0.15, 0.2) is 0 Å². The third-order valence-electron chi connectivity index (χ3n) is 3.30. The van der Waals surface area contributed by atoms with Gasteiger partial charge in [-0.1, -0.05) is 36.7 Å². The van der Waals surface area contributed by atoms with Crippen LogP contribution in [0, 0.1) is 18.3 Å². The zero-order chi connectivity index (χ0) is 13.2. The number of nitrogens with zero attached hydrogens (tertiary/aromatic N) is 2. The van der Waals surface area contributed by atoms with E-state index >= 15 is 0 Å². The standard InChI is InChI=1S/C13H22Br2N2/c1-6-17-11(12(15)9(2)16-17)7-10(8-14)13(3,4)5/h10H,6-8H2,1-5H3. The molecule has 1 atom stereocenters. The molecule has 2 nitrogen and oxygen atoms in total. The normalized spacial score (nSPS) is 14.1. The lowest BCUT2D eigenvalue weighted by molar-refractivity contribution is 0.262. The lowest BCUT2D eigenvalue weighted by Crippen LogP contribution is -2.25. The molecule has 0 bridgehead atoms. The first kappa shape index (κ1) is 15.2. The molecule has 0 aliphatic rings. The second-order valence-electron chi connectivity index (χ2n) is 5.58. The number of halogens is 2. The molecule has 0 radical (unpaired) electrons. The van der Waals surface area contributed by atoms with Crippen molar-refractivity contribution < 1.29 is 0 Å². The van der Waals surface area contributed by atoms with Crippen LogP contribution in [0.3, 0.4) is 0 Å². The van der Waals surface area contributed by atoms with Crippen molar-refractivity contribution in [2.75, 3.05) is 5.33 Å². The molecular weight excluding hydrogens is 344 g/mol. The van der Waals surface area contributed by atoms with Crippen LogP contribution >= 0.6 is 31.9 Å². The van der Waals surface area contributed by atoms with E-state index in [0.717, 1.165) is 24.0 Å². The third-order valence-corrected chi connectivity index (χ3v) is 5.12. The van der Waals surface area contributed by atoms with E-state index in [1.165, 1.54) is 10.2 Å². The van der Waals surface area contributed by atoms with Crippen LogP contribution in [0.4, 0.5) is 0 Å². The van der Waals surface area contributed by atoms with Crippen LogP contribution in [-0.4, -0.2) is 15.1 Å². The molecule has 0 aliphatic carbocycles. The lowest BCUT2D eigenvalue weighted by Gasteiger charge is -2.29. The average Bonchev–Trinajstić information content (AvgIpc) is 2.50. The molecular formula is C13H22Br2N2. The molecule has 0 N–H and O–H groups in total. The van der Waals surface area contributed by atoms with Crippen molar-refractivity contribution in [2.45, 2.75) is 47.6 Å². The monoisotopic (exact) mass is 364 g/mol. The molecule has 0 aliphatic heterocycles. The first-order chi connectivity index (χ1) is 7.81. The zero-order valence-corrected chi connectivity index (χ0v) is 14.5. The van der Waals surface area contributed by atoms with Crippen molar-refractivity contribution in [1.29, 1.82) is 0 Å². The lowest BCUT2D eigenvalue weighted by atomic mass is 9.79. The number of hydrogen-bond acceptors (Lipinski definition) is 1. The molecule has 0 aromatic carbocycles. The predicted molar refractivity (Wildman–Crippen MR) is 80.8 cm³/mol. The number of alkyl halides is 1. The molecule has 0 amide bonds. The summed E-state index contributed by atoms with van der Waals surface area (Å²) in [6, 6.07) is 0. The maximum Gasteiger partial charge on any atom is 0.0738 e. The highest BCUT2D eigenvalue weighted by atomic mass is 79.9. The van der Waals surface area contributed by atoms with Gasteiger partial charge >= 0.3 is 0 Å². The van der Waals surface area contributed by atoms with Gasteiger partial charge in [0, 0.05) is 11.9 Å². The summed E-state index contributed by atoms with van der Waals surface area (Å²) in [5.41, 5.74) is 2.72. The fourth-order valence-corrected chi connectivity index (χ4v) is 3.54. The molecule has 98 valence electrons. The van der Waals surface area contributed by atoms with Gasteiger partial charge in [-0.2, -0.15) is 5.10 Å². The van der Waals surface area contributed by atoms with Crippen LogP contribution < -0.4 is 0 Å². The number of aryl methyl sites for hydroxylation is 2. The molecule has 1 aromatic rings. The molecule has 17 heavy (non-hydrogen) atoms. The maximum atomic E-state index is 4.55. The highest BCUT2D eigenvalue weighted by Crippen LogP contribution is 2.33. The molecule has 1 unspecified atom stereocenters. The fourth-order valence-electron chi connectivity index (χ4n) is 1.89. The summed E-state index contributed by atoms with van der Waals surface area (Å²) in [6.07, 6.45) is 1.06. The van der Waals surface area contributed by atoms with Crippen LogP contribution in [0.5, 0.6) is 0 Å². The largest absolute Gasteiger partial charge is 0.268 e. The summed E-state index contributed by atoms with van der Waals surface area (Å²) in [4.78, 5) is 0. The van der Waals surface area contributed by atoms with Gasteiger partial charge in [0.1, 0.15) is 0 Å². The first-order valence-electron chi connectivity index (χ1n) is 6.09. The van der Waals surface area contributed by atoms with Crippen molar-refractivity contribution in [3.8, 4) is 0 Å². The summed E-state index contributed by atoms with van der Waals surface area (Å²) in [7, 11) is 0. The van der Waals surface area contributed by atoms with Crippen molar-refractivity contribution in [3.05, 3.63) is 15.9 Å². The summed E-state index contributed by atoms with van der Waals surface area (Å²) in [5.74, 6) is 0.611. The Morgan fingerprint density at radius 1 is 1.35 bits per heavy atom. The Morgan fingerprint density at radius 3 is 2.35 bits per heavy atom. The minimum Gasteiger partial charge on any atom is -0.268 e. The second kappa shape index (κ2) is 5.87. The van der Waals surface area contributed by atoms with Gasteiger partial charge in [0.05, 0.1) is 15.9 Å². The molecule has 1 aromatic heterocycles. The Balaban J connectivity index is 3.01. The van der Waals surface area contributed by atoms with Gasteiger partial charge in [0.25, 0.3) is 0 Å². The predicted octanol–water partition coefficient (Wildman–Crippen LogP) is 4.57. The first-order valence-corrected chi connectivity index (χ1v) is 8.00. The van der Waals surface area contributed by atoms with Crippen LogP contribution in [0.1, 0.15) is 39.1 Å². The Bertz CT molecular complexity index is 378. The van der Waals surface area contributed by atoms with E-state index in [0.29, 0.717) is 11.3 Å². The van der Waals surface area contributed by atoms with Gasteiger partial charge in [-0.25, -0.2) is 0 Å². The summed E-state index contributed by atoms with van der Waals surface area (Å²) < 4.78 is 3.29. The number of aromatic nitrogens is 2. The van der Waals surface area contributed by atoms with Crippen molar-refractivity contribution in [2.24, 2.45) is 11.3 Å². The Labute approximate surface area is 121 Å². The Morgan fingerprint density at radius 2 is 1.94 bits per heavy atom. The van der Waals surface area contributed by atoms with E-state index in [2.05, 4.69) is 76.3 Å². The van der Waals surface area contributed by atoms with Crippen LogP contribution in [0.2, 0.25) is 0 Å². The number of hydrogen-bond donors (Lipinski definition) is 0. The van der Waals surface area contributed by atoms with E-state index in [4.69, 9.17) is 0 Å². The van der Waals surface area contributed by atoms with Crippen LogP contribution in [-0.2, 0) is 13.0 Å². The maximum absolute atomic E-state index is 4.55. The second-order valence-corrected chi connectivity index (χ2v) is 7.02. The van der Waals surface area contributed by atoms with Crippen molar-refractivity contribution >= 4 is 31.9 Å². The average molecular weight is 366 g/mol. The van der Waals surface area contributed by atoms with Gasteiger partial charge in [-0.05, 0) is 47.5 Å².